The molecule has 0 radical (unpaired) electrons. The van der Waals surface area contributed by atoms with Crippen LogP contribution in [-0.4, -0.2) is 13.2 Å². The molecule has 0 aliphatic carbocycles. The number of nitrogens with two attached hydrogens (primary N) is 1. The fourth-order valence-electron chi connectivity index (χ4n) is 1.83. The monoisotopic (exact) mass is 206 g/mol. The molecule has 3 N–H and O–H groups in total. The summed E-state index contributed by atoms with van der Waals surface area (Å²) in [5.74, 6) is 6.14. The van der Waals surface area contributed by atoms with Gasteiger partial charge in [-0.25, -0.2) is 5.43 Å². The summed E-state index contributed by atoms with van der Waals surface area (Å²) in [7, 11) is 0. The van der Waals surface area contributed by atoms with Gasteiger partial charge in [0.05, 0.1) is 13.2 Å². The molecule has 0 spiro atoms. The Morgan fingerprint density at radius 3 is 2.20 bits per heavy atom. The van der Waals surface area contributed by atoms with Crippen molar-refractivity contribution in [2.24, 2.45) is 5.84 Å². The number of rotatable bonds is 3. The number of hydrazine groups is 1. The van der Waals surface area contributed by atoms with E-state index in [0.29, 0.717) is 19.1 Å². The second-order valence-corrected chi connectivity index (χ2v) is 4.50. The van der Waals surface area contributed by atoms with Gasteiger partial charge in [0.1, 0.15) is 5.54 Å². The van der Waals surface area contributed by atoms with Crippen molar-refractivity contribution in [3.05, 3.63) is 35.4 Å². The van der Waals surface area contributed by atoms with Crippen molar-refractivity contribution in [2.45, 2.75) is 25.3 Å². The average molecular weight is 206 g/mol. The minimum atomic E-state index is -0.157. The molecule has 1 saturated heterocycles. The molecule has 0 aromatic heterocycles. The number of benzene rings is 1. The molecule has 0 amide bonds. The lowest BCUT2D eigenvalue weighted by Gasteiger charge is -2.41. The van der Waals surface area contributed by atoms with Crippen LogP contribution in [-0.2, 0) is 10.3 Å². The van der Waals surface area contributed by atoms with Gasteiger partial charge in [0.2, 0.25) is 0 Å². The Labute approximate surface area is 90.6 Å². The second kappa shape index (κ2) is 3.93. The van der Waals surface area contributed by atoms with E-state index >= 15 is 0 Å². The number of ether oxygens (including phenoxy) is 1. The quantitative estimate of drug-likeness (QED) is 0.582. The lowest BCUT2D eigenvalue weighted by atomic mass is 9.87. The molecule has 1 aliphatic rings. The Bertz CT molecular complexity index is 322. The molecule has 2 rings (SSSR count). The van der Waals surface area contributed by atoms with E-state index in [4.69, 9.17) is 10.6 Å². The molecule has 0 unspecified atom stereocenters. The van der Waals surface area contributed by atoms with Crippen LogP contribution in [0.15, 0.2) is 24.3 Å². The molecule has 0 atom stereocenters. The van der Waals surface area contributed by atoms with E-state index < -0.39 is 0 Å². The van der Waals surface area contributed by atoms with Gasteiger partial charge in [0.15, 0.2) is 0 Å². The SMILES string of the molecule is CC(C)c1ccc(C2(NN)COC2)cc1. The summed E-state index contributed by atoms with van der Waals surface area (Å²) in [5, 5.41) is 0. The van der Waals surface area contributed by atoms with Crippen molar-refractivity contribution in [1.82, 2.24) is 5.43 Å². The fraction of sp³-hybridized carbons (Fsp3) is 0.500. The topological polar surface area (TPSA) is 47.3 Å². The largest absolute Gasteiger partial charge is 0.377 e. The molecule has 1 aromatic carbocycles. The second-order valence-electron chi connectivity index (χ2n) is 4.50. The van der Waals surface area contributed by atoms with Gasteiger partial charge in [0, 0.05) is 0 Å². The molecular formula is C12H18N2O. The maximum absolute atomic E-state index is 5.57. The van der Waals surface area contributed by atoms with Gasteiger partial charge in [-0.3, -0.25) is 5.84 Å². The predicted molar refractivity (Wildman–Crippen MR) is 60.4 cm³/mol. The molecule has 15 heavy (non-hydrogen) atoms. The molecule has 1 aromatic rings. The van der Waals surface area contributed by atoms with Crippen molar-refractivity contribution in [2.75, 3.05) is 13.2 Å². The number of hydrogen-bond donors (Lipinski definition) is 2. The lowest BCUT2D eigenvalue weighted by molar-refractivity contribution is -0.0787. The zero-order valence-corrected chi connectivity index (χ0v) is 9.29. The minimum Gasteiger partial charge on any atom is -0.377 e. The first kappa shape index (κ1) is 10.6. The summed E-state index contributed by atoms with van der Waals surface area (Å²) in [5.41, 5.74) is 5.26. The third-order valence-corrected chi connectivity index (χ3v) is 3.10. The summed E-state index contributed by atoms with van der Waals surface area (Å²) in [6, 6.07) is 8.60. The van der Waals surface area contributed by atoms with Gasteiger partial charge in [-0.1, -0.05) is 38.1 Å². The molecule has 0 saturated carbocycles. The normalized spacial score (nSPS) is 18.9. The van der Waals surface area contributed by atoms with Crippen LogP contribution in [0.4, 0.5) is 0 Å². The standard InChI is InChI=1S/C12H18N2O/c1-9(2)10-3-5-11(6-4-10)12(14-13)7-15-8-12/h3-6,9,14H,7-8,13H2,1-2H3. The first-order valence-electron chi connectivity index (χ1n) is 5.34. The highest BCUT2D eigenvalue weighted by molar-refractivity contribution is 5.31. The average Bonchev–Trinajstić information content (AvgIpc) is 2.18. The van der Waals surface area contributed by atoms with E-state index in [2.05, 4.69) is 43.5 Å². The molecule has 3 nitrogen and oxygen atoms in total. The van der Waals surface area contributed by atoms with Gasteiger partial charge < -0.3 is 4.74 Å². The van der Waals surface area contributed by atoms with Gasteiger partial charge in [-0.15, -0.1) is 0 Å². The minimum absolute atomic E-state index is 0.157. The Hall–Kier alpha value is -0.900. The highest BCUT2D eigenvalue weighted by Crippen LogP contribution is 2.29. The number of nitrogens with one attached hydrogen (secondary N) is 1. The van der Waals surface area contributed by atoms with E-state index in [1.807, 2.05) is 0 Å². The van der Waals surface area contributed by atoms with Gasteiger partial charge in [-0.05, 0) is 17.0 Å². The fourth-order valence-corrected chi connectivity index (χ4v) is 1.83. The Balaban J connectivity index is 2.23. The van der Waals surface area contributed by atoms with Crippen LogP contribution < -0.4 is 11.3 Å². The van der Waals surface area contributed by atoms with Crippen LogP contribution in [0.5, 0.6) is 0 Å². The summed E-state index contributed by atoms with van der Waals surface area (Å²) in [6.07, 6.45) is 0. The molecule has 1 fully saturated rings. The molecular weight excluding hydrogens is 188 g/mol. The maximum atomic E-state index is 5.57. The van der Waals surface area contributed by atoms with Gasteiger partial charge in [0.25, 0.3) is 0 Å². The van der Waals surface area contributed by atoms with Crippen LogP contribution in [0, 0.1) is 0 Å². The molecule has 3 heteroatoms. The van der Waals surface area contributed by atoms with Crippen molar-refractivity contribution in [3.8, 4) is 0 Å². The van der Waals surface area contributed by atoms with Crippen LogP contribution in [0.2, 0.25) is 0 Å². The Kier molecular flexibility index (Phi) is 2.78. The van der Waals surface area contributed by atoms with Crippen LogP contribution in [0.25, 0.3) is 0 Å². The zero-order valence-electron chi connectivity index (χ0n) is 9.29. The highest BCUT2D eigenvalue weighted by Gasteiger charge is 2.39. The summed E-state index contributed by atoms with van der Waals surface area (Å²) >= 11 is 0. The third kappa shape index (κ3) is 1.78. The van der Waals surface area contributed by atoms with E-state index in [1.54, 1.807) is 0 Å². The van der Waals surface area contributed by atoms with Crippen LogP contribution in [0.1, 0.15) is 30.9 Å². The molecule has 1 aliphatic heterocycles. The van der Waals surface area contributed by atoms with Crippen LogP contribution >= 0.6 is 0 Å². The maximum Gasteiger partial charge on any atom is 0.103 e. The Morgan fingerprint density at radius 1 is 1.27 bits per heavy atom. The van der Waals surface area contributed by atoms with E-state index in [9.17, 15) is 0 Å². The van der Waals surface area contributed by atoms with Crippen molar-refractivity contribution in [3.63, 3.8) is 0 Å². The number of hydrogen-bond acceptors (Lipinski definition) is 3. The summed E-state index contributed by atoms with van der Waals surface area (Å²) in [4.78, 5) is 0. The summed E-state index contributed by atoms with van der Waals surface area (Å²) < 4.78 is 5.22. The third-order valence-electron chi connectivity index (χ3n) is 3.10. The van der Waals surface area contributed by atoms with Crippen molar-refractivity contribution < 1.29 is 4.74 Å². The summed E-state index contributed by atoms with van der Waals surface area (Å²) in [6.45, 7) is 5.70. The van der Waals surface area contributed by atoms with Crippen molar-refractivity contribution in [1.29, 1.82) is 0 Å². The van der Waals surface area contributed by atoms with Gasteiger partial charge in [-0.2, -0.15) is 0 Å². The van der Waals surface area contributed by atoms with Crippen molar-refractivity contribution >= 4 is 0 Å². The smallest absolute Gasteiger partial charge is 0.103 e. The Morgan fingerprint density at radius 2 is 1.87 bits per heavy atom. The lowest BCUT2D eigenvalue weighted by Crippen LogP contribution is -2.60. The van der Waals surface area contributed by atoms with E-state index in [1.165, 1.54) is 11.1 Å². The molecule has 82 valence electrons. The van der Waals surface area contributed by atoms with E-state index in [0.717, 1.165) is 0 Å². The first-order valence-corrected chi connectivity index (χ1v) is 5.34. The highest BCUT2D eigenvalue weighted by atomic mass is 16.5. The molecule has 1 heterocycles. The van der Waals surface area contributed by atoms with E-state index in [-0.39, 0.29) is 5.54 Å². The predicted octanol–water partition coefficient (Wildman–Crippen LogP) is 1.50. The van der Waals surface area contributed by atoms with Crippen LogP contribution in [0.3, 0.4) is 0 Å². The zero-order chi connectivity index (χ0) is 10.9. The first-order chi connectivity index (χ1) is 7.18. The van der Waals surface area contributed by atoms with Gasteiger partial charge >= 0.3 is 0 Å². The molecule has 0 bridgehead atoms.